The van der Waals surface area contributed by atoms with E-state index in [2.05, 4.69) is 11.3 Å². The maximum atomic E-state index is 12.2. The standard InChI is InChI=1S/C18H20O8/c1-4-11(3)26-18(23)13-7-6-12(16(20)21)10-14(13)17(22)25-9-8-24-15(19)5-2/h5-7,10-11H,2,4,8-9H2,1,3H3,(H,20,21). The molecule has 0 radical (unpaired) electrons. The molecule has 0 bridgehead atoms. The zero-order valence-electron chi connectivity index (χ0n) is 14.5. The van der Waals surface area contributed by atoms with Gasteiger partial charge in [0, 0.05) is 6.08 Å². The average molecular weight is 364 g/mol. The van der Waals surface area contributed by atoms with Crippen molar-refractivity contribution in [1.29, 1.82) is 0 Å². The summed E-state index contributed by atoms with van der Waals surface area (Å²) in [5.41, 5.74) is -0.535. The Kier molecular flexibility index (Phi) is 8.01. The number of carbonyl (C=O) groups excluding carboxylic acids is 3. The van der Waals surface area contributed by atoms with E-state index >= 15 is 0 Å². The Hall–Kier alpha value is -3.16. The van der Waals surface area contributed by atoms with Gasteiger partial charge in [0.05, 0.1) is 22.8 Å². The molecular weight excluding hydrogens is 344 g/mol. The minimum atomic E-state index is -1.26. The van der Waals surface area contributed by atoms with E-state index in [0.717, 1.165) is 12.1 Å². The normalized spacial score (nSPS) is 11.2. The summed E-state index contributed by atoms with van der Waals surface area (Å²) in [4.78, 5) is 46.5. The van der Waals surface area contributed by atoms with Crippen LogP contribution < -0.4 is 0 Å². The highest BCUT2D eigenvalue weighted by molar-refractivity contribution is 6.05. The van der Waals surface area contributed by atoms with Gasteiger partial charge in [-0.05, 0) is 31.5 Å². The van der Waals surface area contributed by atoms with E-state index in [9.17, 15) is 19.2 Å². The molecule has 0 aromatic heterocycles. The van der Waals surface area contributed by atoms with Gasteiger partial charge in [-0.3, -0.25) is 0 Å². The first-order valence-corrected chi connectivity index (χ1v) is 7.84. The van der Waals surface area contributed by atoms with Crippen LogP contribution >= 0.6 is 0 Å². The van der Waals surface area contributed by atoms with Gasteiger partial charge in [-0.2, -0.15) is 0 Å². The Morgan fingerprint density at radius 3 is 2.35 bits per heavy atom. The highest BCUT2D eigenvalue weighted by atomic mass is 16.6. The lowest BCUT2D eigenvalue weighted by atomic mass is 10.0. The molecule has 8 nitrogen and oxygen atoms in total. The van der Waals surface area contributed by atoms with Crippen LogP contribution in [-0.2, 0) is 19.0 Å². The number of hydrogen-bond acceptors (Lipinski definition) is 7. The second-order valence-corrected chi connectivity index (χ2v) is 5.20. The van der Waals surface area contributed by atoms with Crippen molar-refractivity contribution in [1.82, 2.24) is 0 Å². The van der Waals surface area contributed by atoms with Gasteiger partial charge in [0.2, 0.25) is 0 Å². The number of ether oxygens (including phenoxy) is 3. The van der Waals surface area contributed by atoms with Crippen LogP contribution in [-0.4, -0.2) is 48.3 Å². The van der Waals surface area contributed by atoms with Crippen LogP contribution in [0.25, 0.3) is 0 Å². The van der Waals surface area contributed by atoms with Gasteiger partial charge >= 0.3 is 23.9 Å². The van der Waals surface area contributed by atoms with Crippen LogP contribution in [0.1, 0.15) is 51.3 Å². The lowest BCUT2D eigenvalue weighted by Gasteiger charge is -2.14. The molecule has 1 atom stereocenters. The van der Waals surface area contributed by atoms with Crippen LogP contribution in [0, 0.1) is 0 Å². The number of carbonyl (C=O) groups is 4. The summed E-state index contributed by atoms with van der Waals surface area (Å²) in [5, 5.41) is 9.07. The summed E-state index contributed by atoms with van der Waals surface area (Å²) in [7, 11) is 0. The van der Waals surface area contributed by atoms with Crippen LogP contribution in [0.5, 0.6) is 0 Å². The molecule has 0 aliphatic heterocycles. The zero-order chi connectivity index (χ0) is 19.7. The van der Waals surface area contributed by atoms with Crippen molar-refractivity contribution in [3.05, 3.63) is 47.5 Å². The predicted molar refractivity (Wildman–Crippen MR) is 90.0 cm³/mol. The van der Waals surface area contributed by atoms with Gasteiger partial charge in [0.15, 0.2) is 0 Å². The van der Waals surface area contributed by atoms with Crippen LogP contribution in [0.2, 0.25) is 0 Å². The first-order valence-electron chi connectivity index (χ1n) is 7.84. The molecule has 1 unspecified atom stereocenters. The van der Waals surface area contributed by atoms with Crippen LogP contribution in [0.4, 0.5) is 0 Å². The molecule has 0 aliphatic carbocycles. The first-order chi connectivity index (χ1) is 12.3. The maximum Gasteiger partial charge on any atom is 0.339 e. The third-order valence-corrected chi connectivity index (χ3v) is 3.32. The summed E-state index contributed by atoms with van der Waals surface area (Å²) in [6.45, 7) is 6.26. The number of rotatable bonds is 9. The second-order valence-electron chi connectivity index (χ2n) is 5.20. The van der Waals surface area contributed by atoms with Gasteiger partial charge in [-0.1, -0.05) is 13.5 Å². The first kappa shape index (κ1) is 20.9. The Morgan fingerprint density at radius 2 is 1.77 bits per heavy atom. The number of hydrogen-bond donors (Lipinski definition) is 1. The maximum absolute atomic E-state index is 12.2. The molecule has 0 saturated heterocycles. The smallest absolute Gasteiger partial charge is 0.339 e. The fraction of sp³-hybridized carbons (Fsp3) is 0.333. The molecule has 0 amide bonds. The van der Waals surface area contributed by atoms with Gasteiger partial charge in [-0.15, -0.1) is 0 Å². The van der Waals surface area contributed by atoms with Crippen LogP contribution in [0.15, 0.2) is 30.9 Å². The number of carboxylic acids is 1. The van der Waals surface area contributed by atoms with Crippen molar-refractivity contribution < 1.29 is 38.5 Å². The van der Waals surface area contributed by atoms with E-state index in [0.29, 0.717) is 6.42 Å². The van der Waals surface area contributed by atoms with Gasteiger partial charge in [0.1, 0.15) is 13.2 Å². The average Bonchev–Trinajstić information content (AvgIpc) is 2.63. The molecule has 0 aliphatic rings. The fourth-order valence-corrected chi connectivity index (χ4v) is 1.77. The lowest BCUT2D eigenvalue weighted by Crippen LogP contribution is -2.20. The Morgan fingerprint density at radius 1 is 1.12 bits per heavy atom. The van der Waals surface area contributed by atoms with Crippen molar-refractivity contribution in [3.63, 3.8) is 0 Å². The van der Waals surface area contributed by atoms with E-state index in [4.69, 9.17) is 14.6 Å². The molecule has 140 valence electrons. The van der Waals surface area contributed by atoms with Gasteiger partial charge in [0.25, 0.3) is 0 Å². The molecule has 1 N–H and O–H groups in total. The summed E-state index contributed by atoms with van der Waals surface area (Å²) in [5.74, 6) is -3.63. The van der Waals surface area contributed by atoms with Crippen molar-refractivity contribution in [2.75, 3.05) is 13.2 Å². The van der Waals surface area contributed by atoms with Gasteiger partial charge < -0.3 is 19.3 Å². The minimum absolute atomic E-state index is 0.108. The lowest BCUT2D eigenvalue weighted by molar-refractivity contribution is -0.138. The molecule has 26 heavy (non-hydrogen) atoms. The summed E-state index contributed by atoms with van der Waals surface area (Å²) < 4.78 is 14.8. The van der Waals surface area contributed by atoms with E-state index in [1.807, 2.05) is 6.92 Å². The number of benzene rings is 1. The molecule has 8 heteroatoms. The van der Waals surface area contributed by atoms with Crippen molar-refractivity contribution in [2.24, 2.45) is 0 Å². The number of esters is 3. The quantitative estimate of drug-likeness (QED) is 0.307. The molecule has 1 aromatic carbocycles. The SMILES string of the molecule is C=CC(=O)OCCOC(=O)c1cc(C(=O)O)ccc1C(=O)OC(C)CC. The highest BCUT2D eigenvalue weighted by Crippen LogP contribution is 2.16. The fourth-order valence-electron chi connectivity index (χ4n) is 1.77. The van der Waals surface area contributed by atoms with E-state index in [1.165, 1.54) is 12.1 Å². The summed E-state index contributed by atoms with van der Waals surface area (Å²) in [6.07, 6.45) is 1.16. The Labute approximate surface area is 150 Å². The molecule has 0 fully saturated rings. The molecule has 0 saturated carbocycles. The van der Waals surface area contributed by atoms with Crippen molar-refractivity contribution in [2.45, 2.75) is 26.4 Å². The largest absolute Gasteiger partial charge is 0.478 e. The Balaban J connectivity index is 2.96. The summed E-state index contributed by atoms with van der Waals surface area (Å²) >= 11 is 0. The molecule has 0 spiro atoms. The van der Waals surface area contributed by atoms with Gasteiger partial charge in [-0.25, -0.2) is 19.2 Å². The number of aromatic carboxylic acids is 1. The predicted octanol–water partition coefficient (Wildman–Crippen LogP) is 2.23. The molecule has 1 rings (SSSR count). The van der Waals surface area contributed by atoms with E-state index < -0.39 is 23.9 Å². The Bertz CT molecular complexity index is 707. The van der Waals surface area contributed by atoms with Crippen molar-refractivity contribution >= 4 is 23.9 Å². The van der Waals surface area contributed by atoms with Crippen LogP contribution in [0.3, 0.4) is 0 Å². The van der Waals surface area contributed by atoms with Crippen molar-refractivity contribution in [3.8, 4) is 0 Å². The number of carboxylic acid groups (broad SMARTS) is 1. The highest BCUT2D eigenvalue weighted by Gasteiger charge is 2.22. The van der Waals surface area contributed by atoms with E-state index in [-0.39, 0.29) is 36.0 Å². The third-order valence-electron chi connectivity index (χ3n) is 3.32. The molecule has 1 aromatic rings. The molecule has 0 heterocycles. The topological polar surface area (TPSA) is 116 Å². The third kappa shape index (κ3) is 6.04. The summed E-state index contributed by atoms with van der Waals surface area (Å²) in [6, 6.07) is 3.42. The monoisotopic (exact) mass is 364 g/mol. The minimum Gasteiger partial charge on any atom is -0.478 e. The van der Waals surface area contributed by atoms with E-state index in [1.54, 1.807) is 6.92 Å². The molecular formula is C18H20O8. The second kappa shape index (κ2) is 9.97. The zero-order valence-corrected chi connectivity index (χ0v) is 14.5.